The van der Waals surface area contributed by atoms with E-state index in [1.165, 1.54) is 11.8 Å². The Kier molecular flexibility index (Phi) is 7.33. The molecule has 4 nitrogen and oxygen atoms in total. The van der Waals surface area contributed by atoms with Crippen LogP contribution in [0.1, 0.15) is 25.8 Å². The highest BCUT2D eigenvalue weighted by Crippen LogP contribution is 2.30. The second kappa shape index (κ2) is 9.74. The number of amides is 2. The van der Waals surface area contributed by atoms with Gasteiger partial charge in [-0.25, -0.2) is 0 Å². The molecule has 1 saturated heterocycles. The first-order valence-corrected chi connectivity index (χ1v) is 11.1. The number of thiocarbonyl (C=S) groups is 1. The van der Waals surface area contributed by atoms with Crippen molar-refractivity contribution in [1.29, 1.82) is 0 Å². The minimum atomic E-state index is -0.427. The lowest BCUT2D eigenvalue weighted by Gasteiger charge is -2.17. The Morgan fingerprint density at radius 2 is 1.90 bits per heavy atom. The minimum Gasteiger partial charge on any atom is -0.352 e. The largest absolute Gasteiger partial charge is 0.352 e. The Hall–Kier alpha value is -1.89. The molecule has 1 fully saturated rings. The van der Waals surface area contributed by atoms with Crippen LogP contribution in [0.25, 0.3) is 11.1 Å². The van der Waals surface area contributed by atoms with Gasteiger partial charge in [-0.05, 0) is 23.1 Å². The van der Waals surface area contributed by atoms with Gasteiger partial charge >= 0.3 is 0 Å². The first kappa shape index (κ1) is 21.8. The molecule has 0 aliphatic carbocycles. The van der Waals surface area contributed by atoms with E-state index in [0.29, 0.717) is 28.4 Å². The van der Waals surface area contributed by atoms with Crippen molar-refractivity contribution in [2.45, 2.75) is 32.1 Å². The van der Waals surface area contributed by atoms with E-state index in [-0.39, 0.29) is 18.2 Å². The number of nitrogens with one attached hydrogen (secondary N) is 1. The van der Waals surface area contributed by atoms with Crippen LogP contribution in [-0.4, -0.2) is 32.8 Å². The molecule has 1 atom stereocenters. The predicted molar refractivity (Wildman–Crippen MR) is 124 cm³/mol. The van der Waals surface area contributed by atoms with E-state index in [9.17, 15) is 9.59 Å². The van der Waals surface area contributed by atoms with Crippen LogP contribution in [0.2, 0.25) is 5.02 Å². The van der Waals surface area contributed by atoms with Gasteiger partial charge in [-0.2, -0.15) is 0 Å². The normalized spacial score (nSPS) is 16.6. The highest BCUT2D eigenvalue weighted by atomic mass is 35.5. The molecule has 1 unspecified atom stereocenters. The lowest BCUT2D eigenvalue weighted by Crippen LogP contribution is -2.36. The zero-order chi connectivity index (χ0) is 21.0. The van der Waals surface area contributed by atoms with Gasteiger partial charge < -0.3 is 5.32 Å². The predicted octanol–water partition coefficient (Wildman–Crippen LogP) is 4.90. The van der Waals surface area contributed by atoms with Crippen molar-refractivity contribution in [2.24, 2.45) is 5.92 Å². The van der Waals surface area contributed by atoms with E-state index in [0.717, 1.165) is 16.7 Å². The summed E-state index contributed by atoms with van der Waals surface area (Å²) >= 11 is 12.8. The van der Waals surface area contributed by atoms with Gasteiger partial charge in [-0.1, -0.05) is 91.9 Å². The van der Waals surface area contributed by atoms with Crippen molar-refractivity contribution in [1.82, 2.24) is 10.2 Å². The fourth-order valence-corrected chi connectivity index (χ4v) is 4.85. The van der Waals surface area contributed by atoms with E-state index in [2.05, 4.69) is 5.32 Å². The Balaban J connectivity index is 1.53. The van der Waals surface area contributed by atoms with Crippen molar-refractivity contribution in [2.75, 3.05) is 6.54 Å². The highest BCUT2D eigenvalue weighted by molar-refractivity contribution is 8.24. The van der Waals surface area contributed by atoms with Crippen molar-refractivity contribution < 1.29 is 9.59 Å². The third-order valence-corrected chi connectivity index (χ3v) is 6.47. The van der Waals surface area contributed by atoms with Gasteiger partial charge in [-0.15, -0.1) is 0 Å². The molecular weight excluding hydrogens is 424 g/mol. The van der Waals surface area contributed by atoms with Crippen LogP contribution in [0.15, 0.2) is 48.5 Å². The summed E-state index contributed by atoms with van der Waals surface area (Å²) in [6, 6.07) is 15.6. The summed E-state index contributed by atoms with van der Waals surface area (Å²) in [6.07, 6.45) is 0.135. The summed E-state index contributed by atoms with van der Waals surface area (Å²) in [5, 5.41) is 3.17. The average Bonchev–Trinajstić information content (AvgIpc) is 2.94. The Morgan fingerprint density at radius 1 is 1.21 bits per heavy atom. The lowest BCUT2D eigenvalue weighted by atomic mass is 10.0. The Morgan fingerprint density at radius 3 is 2.55 bits per heavy atom. The molecule has 0 aromatic heterocycles. The van der Waals surface area contributed by atoms with Crippen LogP contribution >= 0.6 is 35.6 Å². The van der Waals surface area contributed by atoms with Gasteiger partial charge in [0.15, 0.2) is 0 Å². The molecule has 3 rings (SSSR count). The topological polar surface area (TPSA) is 49.4 Å². The van der Waals surface area contributed by atoms with Crippen LogP contribution in [-0.2, 0) is 16.1 Å². The maximum Gasteiger partial charge on any atom is 0.242 e. The molecule has 1 aliphatic heterocycles. The molecular formula is C22H23ClN2O2S2. The maximum atomic E-state index is 12.5. The molecule has 2 aromatic carbocycles. The van der Waals surface area contributed by atoms with Crippen molar-refractivity contribution in [3.8, 4) is 11.1 Å². The molecule has 0 radical (unpaired) electrons. The van der Waals surface area contributed by atoms with Gasteiger partial charge in [0.1, 0.15) is 4.32 Å². The van der Waals surface area contributed by atoms with Crippen LogP contribution < -0.4 is 5.32 Å². The van der Waals surface area contributed by atoms with E-state index in [4.69, 9.17) is 23.8 Å². The first-order valence-electron chi connectivity index (χ1n) is 9.47. The second-order valence-corrected chi connectivity index (χ2v) is 9.62. The minimum absolute atomic E-state index is 0.0621. The molecule has 0 saturated carbocycles. The maximum absolute atomic E-state index is 12.5. The molecule has 1 N–H and O–H groups in total. The zero-order valence-electron chi connectivity index (χ0n) is 16.4. The summed E-state index contributed by atoms with van der Waals surface area (Å²) < 4.78 is 0.566. The fourth-order valence-electron chi connectivity index (χ4n) is 3.10. The molecule has 29 heavy (non-hydrogen) atoms. The standard InChI is InChI=1S/C22H23ClN2O2S2/c1-14(2)13-25-21(27)19(29-22(25)28)11-20(26)24-12-15-7-9-16(10-8-15)17-5-3-4-6-18(17)23/h3-10,14,19H,11-13H2,1-2H3,(H,24,26). The van der Waals surface area contributed by atoms with Gasteiger partial charge in [0.05, 0.1) is 5.25 Å². The average molecular weight is 447 g/mol. The van der Waals surface area contributed by atoms with Crippen molar-refractivity contribution in [3.63, 3.8) is 0 Å². The number of hydrogen-bond donors (Lipinski definition) is 1. The summed E-state index contributed by atoms with van der Waals surface area (Å²) in [5.41, 5.74) is 2.98. The van der Waals surface area contributed by atoms with E-state index < -0.39 is 5.25 Å². The third-order valence-electron chi connectivity index (χ3n) is 4.55. The molecule has 1 heterocycles. The number of carbonyl (C=O) groups is 2. The van der Waals surface area contributed by atoms with Gasteiger partial charge in [-0.3, -0.25) is 14.5 Å². The first-order chi connectivity index (χ1) is 13.8. The van der Waals surface area contributed by atoms with Crippen molar-refractivity contribution >= 4 is 51.7 Å². The molecule has 1 aliphatic rings. The van der Waals surface area contributed by atoms with Gasteiger partial charge in [0.25, 0.3) is 0 Å². The summed E-state index contributed by atoms with van der Waals surface area (Å²) in [4.78, 5) is 26.4. The molecule has 2 amide bonds. The molecule has 152 valence electrons. The summed E-state index contributed by atoms with van der Waals surface area (Å²) in [5.74, 6) is 0.118. The molecule has 0 bridgehead atoms. The number of rotatable bonds is 7. The Bertz CT molecular complexity index is 915. The van der Waals surface area contributed by atoms with Crippen LogP contribution in [0.3, 0.4) is 0 Å². The van der Waals surface area contributed by atoms with Crippen molar-refractivity contribution in [3.05, 3.63) is 59.1 Å². The fraction of sp³-hybridized carbons (Fsp3) is 0.318. The Labute approximate surface area is 186 Å². The smallest absolute Gasteiger partial charge is 0.242 e. The monoisotopic (exact) mass is 446 g/mol. The molecule has 2 aromatic rings. The highest BCUT2D eigenvalue weighted by Gasteiger charge is 2.38. The SMILES string of the molecule is CC(C)CN1C(=O)C(CC(=O)NCc2ccc(-c3ccccc3Cl)cc2)SC1=S. The van der Waals surface area contributed by atoms with Gasteiger partial charge in [0, 0.05) is 30.1 Å². The molecule has 7 heteroatoms. The molecule has 0 spiro atoms. The van der Waals surface area contributed by atoms with E-state index >= 15 is 0 Å². The van der Waals surface area contributed by atoms with Crippen LogP contribution in [0.5, 0.6) is 0 Å². The second-order valence-electron chi connectivity index (χ2n) is 7.37. The summed E-state index contributed by atoms with van der Waals surface area (Å²) in [6.45, 7) is 5.09. The van der Waals surface area contributed by atoms with E-state index in [1.807, 2.05) is 62.4 Å². The zero-order valence-corrected chi connectivity index (χ0v) is 18.7. The van der Waals surface area contributed by atoms with Gasteiger partial charge in [0.2, 0.25) is 11.8 Å². The number of hydrogen-bond acceptors (Lipinski definition) is 4. The van der Waals surface area contributed by atoms with Crippen LogP contribution in [0.4, 0.5) is 0 Å². The number of benzene rings is 2. The summed E-state index contributed by atoms with van der Waals surface area (Å²) in [7, 11) is 0. The lowest BCUT2D eigenvalue weighted by molar-refractivity contribution is -0.129. The quantitative estimate of drug-likeness (QED) is 0.614. The number of thioether (sulfide) groups is 1. The number of halogens is 1. The van der Waals surface area contributed by atoms with Crippen LogP contribution in [0, 0.1) is 5.92 Å². The number of carbonyl (C=O) groups excluding carboxylic acids is 2. The number of nitrogens with zero attached hydrogens (tertiary/aromatic N) is 1. The third kappa shape index (κ3) is 5.59. The van der Waals surface area contributed by atoms with E-state index in [1.54, 1.807) is 4.90 Å².